The molecule has 0 heterocycles. The Hall–Kier alpha value is -2.87. The second-order valence-corrected chi connectivity index (χ2v) is 5.66. The Labute approximate surface area is 133 Å². The Morgan fingerprint density at radius 3 is 2.26 bits per heavy atom. The van der Waals surface area contributed by atoms with E-state index in [-0.39, 0.29) is 17.0 Å². The third kappa shape index (κ3) is 3.02. The quantitative estimate of drug-likeness (QED) is 0.478. The van der Waals surface area contributed by atoms with E-state index in [9.17, 15) is 14.5 Å². The molecular weight excluding hydrogens is 295 g/mol. The van der Waals surface area contributed by atoms with Crippen molar-refractivity contribution >= 4 is 11.4 Å². The fourth-order valence-electron chi connectivity index (χ4n) is 2.63. The van der Waals surface area contributed by atoms with Gasteiger partial charge < -0.3 is 4.90 Å². The van der Waals surface area contributed by atoms with E-state index in [1.165, 1.54) is 24.3 Å². The lowest BCUT2D eigenvalue weighted by Gasteiger charge is -2.31. The summed E-state index contributed by atoms with van der Waals surface area (Å²) in [5.74, 6) is 2.55. The van der Waals surface area contributed by atoms with Gasteiger partial charge in [0.1, 0.15) is 11.4 Å². The molecule has 0 saturated heterocycles. The summed E-state index contributed by atoms with van der Waals surface area (Å²) in [6.07, 6.45) is 7.46. The van der Waals surface area contributed by atoms with Crippen molar-refractivity contribution in [2.75, 3.05) is 4.90 Å². The molecule has 0 aliphatic heterocycles. The molecule has 3 rings (SSSR count). The maximum Gasteiger partial charge on any atom is 0.269 e. The van der Waals surface area contributed by atoms with Crippen molar-refractivity contribution in [3.63, 3.8) is 0 Å². The van der Waals surface area contributed by atoms with Gasteiger partial charge in [-0.2, -0.15) is 0 Å². The summed E-state index contributed by atoms with van der Waals surface area (Å²) >= 11 is 0. The summed E-state index contributed by atoms with van der Waals surface area (Å²) in [6, 6.07) is 12.6. The van der Waals surface area contributed by atoms with Crippen LogP contribution >= 0.6 is 0 Å². The number of terminal acetylenes is 1. The molecule has 0 radical (unpaired) electrons. The lowest BCUT2D eigenvalue weighted by atomic mass is 10.1. The van der Waals surface area contributed by atoms with Crippen LogP contribution in [0.25, 0.3) is 0 Å². The maximum atomic E-state index is 13.1. The lowest BCUT2D eigenvalue weighted by Crippen LogP contribution is -2.35. The highest BCUT2D eigenvalue weighted by Crippen LogP contribution is 2.44. The first kappa shape index (κ1) is 15.0. The van der Waals surface area contributed by atoms with Crippen LogP contribution in [0.15, 0.2) is 48.5 Å². The molecule has 0 aromatic heterocycles. The minimum absolute atomic E-state index is 0.0426. The predicted octanol–water partition coefficient (Wildman–Crippen LogP) is 3.91. The molecule has 2 aromatic rings. The van der Waals surface area contributed by atoms with Gasteiger partial charge in [0.25, 0.3) is 5.69 Å². The molecule has 116 valence electrons. The third-order valence-electron chi connectivity index (χ3n) is 4.14. The number of benzene rings is 2. The van der Waals surface area contributed by atoms with Gasteiger partial charge in [-0.3, -0.25) is 10.1 Å². The summed E-state index contributed by atoms with van der Waals surface area (Å²) in [5, 5.41) is 10.8. The second kappa shape index (κ2) is 5.73. The highest BCUT2D eigenvalue weighted by atomic mass is 19.1. The molecule has 0 spiro atoms. The van der Waals surface area contributed by atoms with Crippen molar-refractivity contribution in [2.45, 2.75) is 24.9 Å². The minimum Gasteiger partial charge on any atom is -0.351 e. The van der Waals surface area contributed by atoms with Crippen molar-refractivity contribution in [2.24, 2.45) is 0 Å². The number of nitrogens with zero attached hydrogens (tertiary/aromatic N) is 2. The number of nitro benzene ring substituents is 1. The van der Waals surface area contributed by atoms with Crippen molar-refractivity contribution in [1.29, 1.82) is 0 Å². The Morgan fingerprint density at radius 2 is 1.78 bits per heavy atom. The summed E-state index contributed by atoms with van der Waals surface area (Å²) < 4.78 is 13.1. The normalized spacial score (nSPS) is 14.8. The smallest absolute Gasteiger partial charge is 0.269 e. The first-order chi connectivity index (χ1) is 11.0. The van der Waals surface area contributed by atoms with Gasteiger partial charge in [-0.15, -0.1) is 6.42 Å². The SMILES string of the molecule is C#CC1(N(Cc2ccc(F)cc2)c2ccc([N+](=O)[O-])cc2)CC1. The van der Waals surface area contributed by atoms with E-state index < -0.39 is 4.92 Å². The van der Waals surface area contributed by atoms with E-state index in [4.69, 9.17) is 6.42 Å². The molecule has 1 saturated carbocycles. The van der Waals surface area contributed by atoms with Gasteiger partial charge in [-0.05, 0) is 42.7 Å². The Morgan fingerprint density at radius 1 is 1.17 bits per heavy atom. The zero-order valence-corrected chi connectivity index (χ0v) is 12.4. The average Bonchev–Trinajstić information content (AvgIpc) is 3.35. The Balaban J connectivity index is 1.91. The predicted molar refractivity (Wildman–Crippen MR) is 86.5 cm³/mol. The van der Waals surface area contributed by atoms with Gasteiger partial charge in [-0.25, -0.2) is 4.39 Å². The standard InChI is InChI=1S/C18H15FN2O2/c1-2-18(11-12-18)20(13-14-3-5-15(19)6-4-14)16-7-9-17(10-8-16)21(22)23/h1,3-10H,11-13H2. The summed E-state index contributed by atoms with van der Waals surface area (Å²) in [7, 11) is 0. The number of anilines is 1. The van der Waals surface area contributed by atoms with Crippen molar-refractivity contribution in [3.05, 3.63) is 70.0 Å². The lowest BCUT2D eigenvalue weighted by molar-refractivity contribution is -0.384. The number of halogens is 1. The number of hydrogen-bond acceptors (Lipinski definition) is 3. The van der Waals surface area contributed by atoms with Gasteiger partial charge in [0, 0.05) is 24.4 Å². The topological polar surface area (TPSA) is 46.4 Å². The molecule has 2 aromatic carbocycles. The van der Waals surface area contributed by atoms with Crippen molar-refractivity contribution in [1.82, 2.24) is 0 Å². The zero-order chi connectivity index (χ0) is 16.4. The molecule has 0 atom stereocenters. The van der Waals surface area contributed by atoms with E-state index in [0.29, 0.717) is 6.54 Å². The van der Waals surface area contributed by atoms with Gasteiger partial charge in [0.15, 0.2) is 0 Å². The zero-order valence-electron chi connectivity index (χ0n) is 12.4. The van der Waals surface area contributed by atoms with E-state index >= 15 is 0 Å². The van der Waals surface area contributed by atoms with Crippen LogP contribution < -0.4 is 4.90 Å². The highest BCUT2D eigenvalue weighted by molar-refractivity contribution is 5.57. The number of nitro groups is 1. The number of rotatable bonds is 5. The van der Waals surface area contributed by atoms with Crippen LogP contribution in [-0.2, 0) is 6.54 Å². The molecule has 23 heavy (non-hydrogen) atoms. The van der Waals surface area contributed by atoms with Crippen LogP contribution in [0.4, 0.5) is 15.8 Å². The van der Waals surface area contributed by atoms with Gasteiger partial charge in [0.05, 0.1) is 4.92 Å². The van der Waals surface area contributed by atoms with E-state index in [2.05, 4.69) is 10.8 Å². The second-order valence-electron chi connectivity index (χ2n) is 5.66. The molecule has 0 unspecified atom stereocenters. The molecule has 1 aliphatic rings. The highest BCUT2D eigenvalue weighted by Gasteiger charge is 2.46. The Kier molecular flexibility index (Phi) is 3.75. The number of non-ortho nitro benzene ring substituents is 1. The largest absolute Gasteiger partial charge is 0.351 e. The fraction of sp³-hybridized carbons (Fsp3) is 0.222. The van der Waals surface area contributed by atoms with Gasteiger partial charge in [-0.1, -0.05) is 18.1 Å². The number of hydrogen-bond donors (Lipinski definition) is 0. The average molecular weight is 310 g/mol. The first-order valence-corrected chi connectivity index (χ1v) is 7.28. The van der Waals surface area contributed by atoms with E-state index in [0.717, 1.165) is 24.1 Å². The molecule has 0 N–H and O–H groups in total. The van der Waals surface area contributed by atoms with Crippen LogP contribution in [0.5, 0.6) is 0 Å². The molecule has 0 bridgehead atoms. The van der Waals surface area contributed by atoms with Crippen LogP contribution in [0.1, 0.15) is 18.4 Å². The van der Waals surface area contributed by atoms with Crippen LogP contribution in [0.2, 0.25) is 0 Å². The van der Waals surface area contributed by atoms with Crippen LogP contribution in [0.3, 0.4) is 0 Å². The van der Waals surface area contributed by atoms with Crippen LogP contribution in [-0.4, -0.2) is 10.5 Å². The molecule has 0 amide bonds. The van der Waals surface area contributed by atoms with Crippen LogP contribution in [0, 0.1) is 28.3 Å². The molecule has 5 heteroatoms. The third-order valence-corrected chi connectivity index (χ3v) is 4.14. The van der Waals surface area contributed by atoms with Crippen molar-refractivity contribution in [3.8, 4) is 12.3 Å². The summed E-state index contributed by atoms with van der Waals surface area (Å²) in [6.45, 7) is 0.530. The molecule has 1 fully saturated rings. The Bertz CT molecular complexity index is 759. The first-order valence-electron chi connectivity index (χ1n) is 7.28. The van der Waals surface area contributed by atoms with Gasteiger partial charge >= 0.3 is 0 Å². The molecule has 1 aliphatic carbocycles. The van der Waals surface area contributed by atoms with Gasteiger partial charge in [0.2, 0.25) is 0 Å². The fourth-order valence-corrected chi connectivity index (χ4v) is 2.63. The molecule has 4 nitrogen and oxygen atoms in total. The monoisotopic (exact) mass is 310 g/mol. The molecular formula is C18H15FN2O2. The van der Waals surface area contributed by atoms with Crippen molar-refractivity contribution < 1.29 is 9.31 Å². The van der Waals surface area contributed by atoms with E-state index in [1.807, 2.05) is 0 Å². The van der Waals surface area contributed by atoms with E-state index in [1.54, 1.807) is 24.3 Å². The summed E-state index contributed by atoms with van der Waals surface area (Å²) in [5.41, 5.74) is 1.45. The summed E-state index contributed by atoms with van der Waals surface area (Å²) in [4.78, 5) is 12.4. The maximum absolute atomic E-state index is 13.1. The minimum atomic E-state index is -0.428.